The molecule has 0 spiro atoms. The van der Waals surface area contributed by atoms with Gasteiger partial charge in [-0.3, -0.25) is 0 Å². The minimum atomic E-state index is -0.446. The molecular weight excluding hydrogens is 328 g/mol. The van der Waals surface area contributed by atoms with Gasteiger partial charge in [0.2, 0.25) is 0 Å². The van der Waals surface area contributed by atoms with E-state index in [1.54, 1.807) is 4.90 Å². The van der Waals surface area contributed by atoms with Crippen LogP contribution in [-0.2, 0) is 11.3 Å². The number of halogens is 1. The number of ether oxygens (including phenoxy) is 1. The van der Waals surface area contributed by atoms with E-state index in [1.807, 2.05) is 39.1 Å². The first kappa shape index (κ1) is 17.0. The molecule has 1 amide bonds. The van der Waals surface area contributed by atoms with Gasteiger partial charge in [-0.2, -0.15) is 0 Å². The first-order chi connectivity index (χ1) is 11.3. The summed E-state index contributed by atoms with van der Waals surface area (Å²) in [6.07, 6.45) is 3.73. The molecule has 24 heavy (non-hydrogen) atoms. The number of likely N-dealkylation sites (tertiary alicyclic amines) is 1. The number of carbonyl (C=O) groups excluding carboxylic acids is 1. The molecule has 0 bridgehead atoms. The average Bonchev–Trinajstić information content (AvgIpc) is 2.88. The van der Waals surface area contributed by atoms with E-state index in [1.165, 1.54) is 0 Å². The van der Waals surface area contributed by atoms with E-state index in [2.05, 4.69) is 14.8 Å². The van der Waals surface area contributed by atoms with Gasteiger partial charge in [-0.25, -0.2) is 4.79 Å². The maximum atomic E-state index is 12.1. The molecule has 0 radical (unpaired) electrons. The minimum absolute atomic E-state index is 0.215. The van der Waals surface area contributed by atoms with Gasteiger partial charge >= 0.3 is 6.09 Å². The Bertz CT molecular complexity index is 730. The molecule has 3 heterocycles. The summed E-state index contributed by atoms with van der Waals surface area (Å²) in [5.41, 5.74) is 0.409. The number of carbonyl (C=O) groups is 1. The van der Waals surface area contributed by atoms with Gasteiger partial charge in [0, 0.05) is 31.2 Å². The zero-order chi connectivity index (χ0) is 17.3. The Labute approximate surface area is 146 Å². The fourth-order valence-corrected chi connectivity index (χ4v) is 3.17. The van der Waals surface area contributed by atoms with Crippen LogP contribution in [0.25, 0.3) is 11.0 Å². The maximum Gasteiger partial charge on any atom is 0.410 e. The van der Waals surface area contributed by atoms with Crippen molar-refractivity contribution < 1.29 is 9.53 Å². The van der Waals surface area contributed by atoms with Gasteiger partial charge in [0.05, 0.1) is 0 Å². The number of fused-ring (bicyclic) bond motifs is 1. The van der Waals surface area contributed by atoms with Gasteiger partial charge in [0.25, 0.3) is 0 Å². The summed E-state index contributed by atoms with van der Waals surface area (Å²) >= 11 is 5.88. The van der Waals surface area contributed by atoms with Gasteiger partial charge in [-0.1, -0.05) is 11.6 Å². The Balaban J connectivity index is 1.58. The summed E-state index contributed by atoms with van der Waals surface area (Å²) in [7, 11) is 0. The summed E-state index contributed by atoms with van der Waals surface area (Å²) in [6.45, 7) is 8.01. The maximum absolute atomic E-state index is 12.1. The zero-order valence-electron chi connectivity index (χ0n) is 14.3. The van der Waals surface area contributed by atoms with Crippen LogP contribution in [0.3, 0.4) is 0 Å². The highest BCUT2D eigenvalue weighted by Gasteiger charge is 2.27. The molecule has 0 unspecified atom stereocenters. The van der Waals surface area contributed by atoms with Crippen molar-refractivity contribution in [3.63, 3.8) is 0 Å². The second-order valence-electron chi connectivity index (χ2n) is 7.32. The molecule has 0 atom stereocenters. The highest BCUT2D eigenvalue weighted by molar-refractivity contribution is 6.29. The molecule has 0 N–H and O–H groups in total. The third-order valence-electron chi connectivity index (χ3n) is 4.20. The van der Waals surface area contributed by atoms with Crippen LogP contribution < -0.4 is 0 Å². The third-order valence-corrected chi connectivity index (χ3v) is 4.38. The van der Waals surface area contributed by atoms with Crippen molar-refractivity contribution in [1.29, 1.82) is 0 Å². The number of aromatic nitrogens is 3. The Kier molecular flexibility index (Phi) is 4.67. The highest BCUT2D eigenvalue weighted by atomic mass is 35.5. The van der Waals surface area contributed by atoms with E-state index in [-0.39, 0.29) is 6.09 Å². The summed E-state index contributed by atoms with van der Waals surface area (Å²) in [5, 5.41) is 9.52. The van der Waals surface area contributed by atoms with E-state index in [9.17, 15) is 4.79 Å². The molecule has 1 aliphatic heterocycles. The zero-order valence-corrected chi connectivity index (χ0v) is 15.1. The van der Waals surface area contributed by atoms with Crippen molar-refractivity contribution in [1.82, 2.24) is 19.7 Å². The molecule has 3 rings (SSSR count). The Hall–Kier alpha value is -1.82. The van der Waals surface area contributed by atoms with E-state index < -0.39 is 5.60 Å². The van der Waals surface area contributed by atoms with Crippen LogP contribution in [0, 0.1) is 5.92 Å². The lowest BCUT2D eigenvalue weighted by atomic mass is 9.97. The van der Waals surface area contributed by atoms with Crippen LogP contribution in [0.5, 0.6) is 0 Å². The normalized spacial score (nSPS) is 16.6. The van der Waals surface area contributed by atoms with E-state index >= 15 is 0 Å². The van der Waals surface area contributed by atoms with Crippen molar-refractivity contribution in [2.45, 2.75) is 45.8 Å². The lowest BCUT2D eigenvalue weighted by molar-refractivity contribution is 0.0178. The molecule has 1 fully saturated rings. The predicted octanol–water partition coefficient (Wildman–Crippen LogP) is 3.73. The van der Waals surface area contributed by atoms with Crippen molar-refractivity contribution in [3.8, 4) is 0 Å². The molecule has 1 aliphatic rings. The van der Waals surface area contributed by atoms with Gasteiger partial charge in [-0.15, -0.1) is 10.2 Å². The summed E-state index contributed by atoms with van der Waals surface area (Å²) < 4.78 is 7.56. The lowest BCUT2D eigenvalue weighted by Crippen LogP contribution is -2.42. The molecule has 0 aromatic carbocycles. The van der Waals surface area contributed by atoms with Gasteiger partial charge < -0.3 is 14.2 Å². The molecule has 7 heteroatoms. The summed E-state index contributed by atoms with van der Waals surface area (Å²) in [6, 6.07) is 3.83. The highest BCUT2D eigenvalue weighted by Crippen LogP contribution is 2.23. The first-order valence-corrected chi connectivity index (χ1v) is 8.65. The van der Waals surface area contributed by atoms with E-state index in [4.69, 9.17) is 16.3 Å². The van der Waals surface area contributed by atoms with Crippen LogP contribution in [-0.4, -0.2) is 44.4 Å². The topological polar surface area (TPSA) is 60.2 Å². The molecule has 0 aliphatic carbocycles. The van der Waals surface area contributed by atoms with Crippen molar-refractivity contribution in [3.05, 3.63) is 23.5 Å². The molecule has 130 valence electrons. The molecule has 0 saturated carbocycles. The van der Waals surface area contributed by atoms with Crippen LogP contribution >= 0.6 is 11.6 Å². The third kappa shape index (κ3) is 3.98. The predicted molar refractivity (Wildman–Crippen MR) is 93.1 cm³/mol. The van der Waals surface area contributed by atoms with Crippen molar-refractivity contribution >= 4 is 28.7 Å². The van der Waals surface area contributed by atoms with Crippen LogP contribution in [0.4, 0.5) is 4.79 Å². The molecule has 6 nitrogen and oxygen atoms in total. The van der Waals surface area contributed by atoms with Crippen LogP contribution in [0.1, 0.15) is 33.6 Å². The Morgan fingerprint density at radius 1 is 1.33 bits per heavy atom. The average molecular weight is 351 g/mol. The van der Waals surface area contributed by atoms with E-state index in [0.29, 0.717) is 11.1 Å². The number of hydrogen-bond donors (Lipinski definition) is 0. The fourth-order valence-electron chi connectivity index (χ4n) is 3.01. The number of nitrogens with zero attached hydrogens (tertiary/aromatic N) is 4. The fraction of sp³-hybridized carbons (Fsp3) is 0.588. The second kappa shape index (κ2) is 6.59. The summed E-state index contributed by atoms with van der Waals surface area (Å²) in [5.74, 6) is 0.511. The first-order valence-electron chi connectivity index (χ1n) is 8.28. The quantitative estimate of drug-likeness (QED) is 0.828. The SMILES string of the molecule is CC(C)(C)OC(=O)N1CCC(Cn2ccc3cc(Cl)nnc32)CC1. The van der Waals surface area contributed by atoms with Crippen molar-refractivity contribution in [2.24, 2.45) is 5.92 Å². The largest absolute Gasteiger partial charge is 0.444 e. The second-order valence-corrected chi connectivity index (χ2v) is 7.71. The van der Waals surface area contributed by atoms with Gasteiger partial charge in [0.15, 0.2) is 10.8 Å². The van der Waals surface area contributed by atoms with Gasteiger partial charge in [-0.05, 0) is 51.7 Å². The Morgan fingerprint density at radius 3 is 2.71 bits per heavy atom. The number of amides is 1. The van der Waals surface area contributed by atoms with Crippen LogP contribution in [0.2, 0.25) is 5.15 Å². The standard InChI is InChI=1S/C17H23ClN4O2/c1-17(2,3)24-16(23)21-7-4-12(5-8-21)11-22-9-6-13-10-14(18)19-20-15(13)22/h6,9-10,12H,4-5,7-8,11H2,1-3H3. The molecular formula is C17H23ClN4O2. The number of piperidine rings is 1. The lowest BCUT2D eigenvalue weighted by Gasteiger charge is -2.33. The van der Waals surface area contributed by atoms with Crippen LogP contribution in [0.15, 0.2) is 18.3 Å². The summed E-state index contributed by atoms with van der Waals surface area (Å²) in [4.78, 5) is 13.9. The monoisotopic (exact) mass is 350 g/mol. The smallest absolute Gasteiger partial charge is 0.410 e. The molecule has 2 aromatic heterocycles. The molecule has 2 aromatic rings. The van der Waals surface area contributed by atoms with E-state index in [0.717, 1.165) is 43.5 Å². The van der Waals surface area contributed by atoms with Gasteiger partial charge in [0.1, 0.15) is 5.60 Å². The number of rotatable bonds is 2. The Morgan fingerprint density at radius 2 is 2.04 bits per heavy atom. The molecule has 1 saturated heterocycles. The van der Waals surface area contributed by atoms with Crippen molar-refractivity contribution in [2.75, 3.05) is 13.1 Å². The number of hydrogen-bond acceptors (Lipinski definition) is 4. The minimum Gasteiger partial charge on any atom is -0.444 e.